The van der Waals surface area contributed by atoms with Crippen LogP contribution in [0, 0.1) is 18.6 Å². The Morgan fingerprint density at radius 2 is 1.67 bits per heavy atom. The third-order valence-electron chi connectivity index (χ3n) is 1.54. The molecule has 0 saturated heterocycles. The predicted molar refractivity (Wildman–Crippen MR) is 36.1 cm³/mol. The van der Waals surface area contributed by atoms with E-state index in [0.717, 1.165) is 12.1 Å². The molecule has 1 aromatic rings. The van der Waals surface area contributed by atoms with Gasteiger partial charge in [-0.1, -0.05) is 6.07 Å². The molecule has 0 N–H and O–H groups in total. The van der Waals surface area contributed by atoms with Crippen molar-refractivity contribution < 1.29 is 17.6 Å². The monoisotopic (exact) mass is 178 g/mol. The second-order valence-electron chi connectivity index (χ2n) is 2.40. The number of hydrogen-bond acceptors (Lipinski definition) is 0. The van der Waals surface area contributed by atoms with Gasteiger partial charge in [0, 0.05) is 0 Å². The standard InChI is InChI=1S/C8H6F4/c1-4-2-3-5(8(11)12)7(10)6(4)9/h2-3,8H,1H3. The predicted octanol–water partition coefficient (Wildman–Crippen LogP) is 3.21. The number of benzene rings is 1. The van der Waals surface area contributed by atoms with Gasteiger partial charge in [0.25, 0.3) is 6.43 Å². The molecule has 0 fully saturated rings. The maximum absolute atomic E-state index is 12.7. The summed E-state index contributed by atoms with van der Waals surface area (Å²) in [5.74, 6) is -2.65. The zero-order valence-corrected chi connectivity index (χ0v) is 6.24. The highest BCUT2D eigenvalue weighted by Crippen LogP contribution is 2.24. The zero-order chi connectivity index (χ0) is 9.30. The lowest BCUT2D eigenvalue weighted by Crippen LogP contribution is -1.96. The van der Waals surface area contributed by atoms with E-state index >= 15 is 0 Å². The van der Waals surface area contributed by atoms with Crippen molar-refractivity contribution in [3.05, 3.63) is 34.9 Å². The van der Waals surface area contributed by atoms with E-state index in [1.807, 2.05) is 0 Å². The molecule has 0 amide bonds. The Morgan fingerprint density at radius 1 is 1.08 bits per heavy atom. The Morgan fingerprint density at radius 3 is 2.17 bits per heavy atom. The fourth-order valence-electron chi connectivity index (χ4n) is 0.829. The summed E-state index contributed by atoms with van der Waals surface area (Å²) in [6.45, 7) is 1.31. The van der Waals surface area contributed by atoms with Gasteiger partial charge in [0.1, 0.15) is 0 Å². The van der Waals surface area contributed by atoms with E-state index in [-0.39, 0.29) is 5.56 Å². The summed E-state index contributed by atoms with van der Waals surface area (Å²) >= 11 is 0. The fourth-order valence-corrected chi connectivity index (χ4v) is 0.829. The maximum Gasteiger partial charge on any atom is 0.266 e. The molecule has 4 heteroatoms. The molecule has 0 aliphatic rings. The quantitative estimate of drug-likeness (QED) is 0.579. The van der Waals surface area contributed by atoms with Crippen LogP contribution in [0.2, 0.25) is 0 Å². The second-order valence-corrected chi connectivity index (χ2v) is 2.40. The van der Waals surface area contributed by atoms with Crippen LogP contribution >= 0.6 is 0 Å². The smallest absolute Gasteiger partial charge is 0.205 e. The van der Waals surface area contributed by atoms with Crippen molar-refractivity contribution in [2.24, 2.45) is 0 Å². The SMILES string of the molecule is Cc1ccc(C(F)F)c(F)c1F. The van der Waals surface area contributed by atoms with Gasteiger partial charge >= 0.3 is 0 Å². The number of aryl methyl sites for hydroxylation is 1. The highest BCUT2D eigenvalue weighted by atomic mass is 19.3. The van der Waals surface area contributed by atoms with Gasteiger partial charge in [0.15, 0.2) is 11.6 Å². The molecule has 0 heterocycles. The topological polar surface area (TPSA) is 0 Å². The summed E-state index contributed by atoms with van der Waals surface area (Å²) in [6.07, 6.45) is -2.97. The zero-order valence-electron chi connectivity index (χ0n) is 6.24. The molecule has 0 aliphatic carbocycles. The molecule has 0 unspecified atom stereocenters. The molecule has 1 rings (SSSR count). The van der Waals surface area contributed by atoms with Gasteiger partial charge in [-0.3, -0.25) is 0 Å². The van der Waals surface area contributed by atoms with E-state index in [2.05, 4.69) is 0 Å². The Bertz CT molecular complexity index is 293. The molecule has 0 bridgehead atoms. The number of halogens is 4. The van der Waals surface area contributed by atoms with Crippen molar-refractivity contribution in [3.63, 3.8) is 0 Å². The van der Waals surface area contributed by atoms with E-state index in [1.54, 1.807) is 0 Å². The third-order valence-corrected chi connectivity index (χ3v) is 1.54. The van der Waals surface area contributed by atoms with Gasteiger partial charge in [0.2, 0.25) is 0 Å². The summed E-state index contributed by atoms with van der Waals surface area (Å²) in [7, 11) is 0. The largest absolute Gasteiger partial charge is 0.266 e. The summed E-state index contributed by atoms with van der Waals surface area (Å²) in [6, 6.07) is 2.01. The van der Waals surface area contributed by atoms with E-state index in [4.69, 9.17) is 0 Å². The summed E-state index contributed by atoms with van der Waals surface area (Å²) in [5, 5.41) is 0. The van der Waals surface area contributed by atoms with Gasteiger partial charge in [0.05, 0.1) is 5.56 Å². The van der Waals surface area contributed by atoms with Crippen molar-refractivity contribution in [2.75, 3.05) is 0 Å². The molecule has 0 aromatic heterocycles. The van der Waals surface area contributed by atoms with E-state index < -0.39 is 23.6 Å². The van der Waals surface area contributed by atoms with Gasteiger partial charge in [-0.25, -0.2) is 17.6 Å². The summed E-state index contributed by atoms with van der Waals surface area (Å²) in [5.41, 5.74) is -0.866. The Labute approximate surface area is 66.8 Å². The van der Waals surface area contributed by atoms with Crippen LogP contribution < -0.4 is 0 Å². The van der Waals surface area contributed by atoms with Crippen molar-refractivity contribution >= 4 is 0 Å². The van der Waals surface area contributed by atoms with Crippen LogP contribution in [0.1, 0.15) is 17.6 Å². The fraction of sp³-hybridized carbons (Fsp3) is 0.250. The van der Waals surface area contributed by atoms with Gasteiger partial charge in [-0.15, -0.1) is 0 Å². The van der Waals surface area contributed by atoms with Gasteiger partial charge < -0.3 is 0 Å². The minimum Gasteiger partial charge on any atom is -0.205 e. The van der Waals surface area contributed by atoms with Crippen LogP contribution in [0.5, 0.6) is 0 Å². The second kappa shape index (κ2) is 3.13. The average Bonchev–Trinajstić information content (AvgIpc) is 2.00. The number of alkyl halides is 2. The van der Waals surface area contributed by atoms with Crippen LogP contribution in [-0.2, 0) is 0 Å². The first-order valence-corrected chi connectivity index (χ1v) is 3.26. The van der Waals surface area contributed by atoms with E-state index in [0.29, 0.717) is 0 Å². The molecule has 0 nitrogen and oxygen atoms in total. The van der Waals surface area contributed by atoms with Crippen LogP contribution in [0.15, 0.2) is 12.1 Å². The average molecular weight is 178 g/mol. The Balaban J connectivity index is 3.27. The molecule has 0 atom stereocenters. The minimum absolute atomic E-state index is 0.0249. The first-order valence-electron chi connectivity index (χ1n) is 3.26. The molecular formula is C8H6F4. The molecule has 66 valence electrons. The first-order chi connectivity index (χ1) is 5.54. The highest BCUT2D eigenvalue weighted by Gasteiger charge is 2.17. The van der Waals surface area contributed by atoms with Crippen LogP contribution in [0.25, 0.3) is 0 Å². The van der Waals surface area contributed by atoms with Crippen molar-refractivity contribution in [1.82, 2.24) is 0 Å². The molecule has 0 aliphatic heterocycles. The van der Waals surface area contributed by atoms with E-state index in [1.165, 1.54) is 6.92 Å². The lowest BCUT2D eigenvalue weighted by Gasteiger charge is -2.03. The van der Waals surface area contributed by atoms with Crippen LogP contribution in [0.3, 0.4) is 0 Å². The third kappa shape index (κ3) is 1.42. The molecule has 0 radical (unpaired) electrons. The molecule has 1 aromatic carbocycles. The molecule has 0 spiro atoms. The highest BCUT2D eigenvalue weighted by molar-refractivity contribution is 5.25. The van der Waals surface area contributed by atoms with Gasteiger partial charge in [-0.2, -0.15) is 0 Å². The summed E-state index contributed by atoms with van der Waals surface area (Å²) < 4.78 is 49.2. The first kappa shape index (κ1) is 9.03. The summed E-state index contributed by atoms with van der Waals surface area (Å²) in [4.78, 5) is 0. The van der Waals surface area contributed by atoms with Crippen LogP contribution in [-0.4, -0.2) is 0 Å². The van der Waals surface area contributed by atoms with Crippen molar-refractivity contribution in [1.29, 1.82) is 0 Å². The van der Waals surface area contributed by atoms with Crippen LogP contribution in [0.4, 0.5) is 17.6 Å². The normalized spacial score (nSPS) is 10.8. The molecule has 12 heavy (non-hydrogen) atoms. The van der Waals surface area contributed by atoms with Crippen molar-refractivity contribution in [3.8, 4) is 0 Å². The Kier molecular flexibility index (Phi) is 2.35. The van der Waals surface area contributed by atoms with Crippen molar-refractivity contribution in [2.45, 2.75) is 13.3 Å². The lowest BCUT2D eigenvalue weighted by molar-refractivity contribution is 0.145. The number of rotatable bonds is 1. The Hall–Kier alpha value is -1.06. The minimum atomic E-state index is -2.97. The van der Waals surface area contributed by atoms with Gasteiger partial charge in [-0.05, 0) is 18.6 Å². The number of hydrogen-bond donors (Lipinski definition) is 0. The maximum atomic E-state index is 12.7. The van der Waals surface area contributed by atoms with E-state index in [9.17, 15) is 17.6 Å². The molecule has 0 saturated carbocycles. The lowest BCUT2D eigenvalue weighted by atomic mass is 10.1. The molecular weight excluding hydrogens is 172 g/mol.